The Morgan fingerprint density at radius 2 is 2.19 bits per heavy atom. The maximum Gasteiger partial charge on any atom is 0.334 e. The topological polar surface area (TPSA) is 110 Å². The average molecular weight is 366 g/mol. The molecule has 2 saturated carbocycles. The van der Waals surface area contributed by atoms with Gasteiger partial charge in [0.1, 0.15) is 18.5 Å². The normalized spacial score (nSPS) is 43.1. The molecule has 8 unspecified atom stereocenters. The highest BCUT2D eigenvalue weighted by Crippen LogP contribution is 2.58. The fraction of sp³-hybridized carbons (Fsp3) is 0.737. The summed E-state index contributed by atoms with van der Waals surface area (Å²) in [6.45, 7) is 6.88. The molecular weight excluding hydrogens is 340 g/mol. The second kappa shape index (κ2) is 6.78. The minimum atomic E-state index is -0.719. The largest absolute Gasteiger partial charge is 0.461 e. The zero-order chi connectivity index (χ0) is 19.2. The van der Waals surface area contributed by atoms with E-state index in [1.165, 1.54) is 0 Å². The first kappa shape index (κ1) is 19.0. The van der Waals surface area contributed by atoms with Crippen LogP contribution >= 0.6 is 0 Å². The van der Waals surface area contributed by atoms with Crippen LogP contribution in [-0.2, 0) is 23.9 Å². The molecule has 3 fully saturated rings. The van der Waals surface area contributed by atoms with E-state index in [0.717, 1.165) is 6.29 Å². The summed E-state index contributed by atoms with van der Waals surface area (Å²) < 4.78 is 11.2. The van der Waals surface area contributed by atoms with Gasteiger partial charge in [-0.25, -0.2) is 4.79 Å². The van der Waals surface area contributed by atoms with Gasteiger partial charge in [-0.3, -0.25) is 4.79 Å². The van der Waals surface area contributed by atoms with Gasteiger partial charge in [-0.15, -0.1) is 0 Å². The number of rotatable bonds is 4. The van der Waals surface area contributed by atoms with Crippen LogP contribution in [0.1, 0.15) is 33.1 Å². The van der Waals surface area contributed by atoms with Crippen molar-refractivity contribution in [2.45, 2.75) is 51.4 Å². The van der Waals surface area contributed by atoms with Gasteiger partial charge in [-0.05, 0) is 26.2 Å². The van der Waals surface area contributed by atoms with Crippen LogP contribution in [0.5, 0.6) is 0 Å². The maximum absolute atomic E-state index is 12.2. The molecule has 2 aliphatic carbocycles. The minimum absolute atomic E-state index is 0.233. The first-order valence-corrected chi connectivity index (χ1v) is 9.09. The van der Waals surface area contributed by atoms with Crippen LogP contribution in [0.2, 0.25) is 0 Å². The fourth-order valence-electron chi connectivity index (χ4n) is 4.97. The van der Waals surface area contributed by atoms with Crippen molar-refractivity contribution in [2.24, 2.45) is 29.1 Å². The van der Waals surface area contributed by atoms with Gasteiger partial charge in [-0.2, -0.15) is 0 Å². The minimum Gasteiger partial charge on any atom is -0.461 e. The van der Waals surface area contributed by atoms with E-state index in [9.17, 15) is 24.6 Å². The number of aldehydes is 1. The van der Waals surface area contributed by atoms with E-state index in [1.54, 1.807) is 6.92 Å². The summed E-state index contributed by atoms with van der Waals surface area (Å²) in [4.78, 5) is 36.0. The summed E-state index contributed by atoms with van der Waals surface area (Å²) in [5.41, 5.74) is -0.486. The van der Waals surface area contributed by atoms with Crippen LogP contribution in [0, 0.1) is 29.1 Å². The number of ether oxygens (including phenoxy) is 2. The van der Waals surface area contributed by atoms with E-state index in [-0.39, 0.29) is 24.0 Å². The van der Waals surface area contributed by atoms with Gasteiger partial charge in [0.15, 0.2) is 0 Å². The van der Waals surface area contributed by atoms with Crippen molar-refractivity contribution >= 4 is 18.2 Å². The Labute approximate surface area is 152 Å². The van der Waals surface area contributed by atoms with Gasteiger partial charge >= 0.3 is 11.9 Å². The summed E-state index contributed by atoms with van der Waals surface area (Å²) in [5.74, 6) is -3.02. The predicted octanol–water partition coefficient (Wildman–Crippen LogP) is 0.620. The molecule has 0 spiro atoms. The van der Waals surface area contributed by atoms with Gasteiger partial charge in [0, 0.05) is 22.8 Å². The lowest BCUT2D eigenvalue weighted by molar-refractivity contribution is -0.198. The number of carbonyl (C=O) groups excluding carboxylic acids is 3. The van der Waals surface area contributed by atoms with E-state index in [1.807, 2.05) is 6.92 Å². The van der Waals surface area contributed by atoms with Crippen LogP contribution in [0.15, 0.2) is 12.2 Å². The summed E-state index contributed by atoms with van der Waals surface area (Å²) in [6, 6.07) is 0. The van der Waals surface area contributed by atoms with Crippen molar-refractivity contribution in [3.63, 3.8) is 0 Å². The molecule has 0 aromatic rings. The number of hydrogen-bond donors (Lipinski definition) is 2. The molecule has 3 aliphatic rings. The third-order valence-electron chi connectivity index (χ3n) is 6.53. The standard InChI is InChI=1S/C19H26O7/c1-9(7-20)17(23)25-12-6-19(3)13(22)5-4-11(8-21)15(19)16-14(12)10(2)18(24)26-16/h8-9,11-16,20,22H,2,4-7H2,1,3H3. The van der Waals surface area contributed by atoms with Gasteiger partial charge in [-0.1, -0.05) is 13.5 Å². The number of hydrogen-bond acceptors (Lipinski definition) is 7. The van der Waals surface area contributed by atoms with E-state index < -0.39 is 47.5 Å². The molecule has 1 heterocycles. The Balaban J connectivity index is 1.98. The van der Waals surface area contributed by atoms with Crippen molar-refractivity contribution in [1.82, 2.24) is 0 Å². The zero-order valence-corrected chi connectivity index (χ0v) is 15.1. The molecule has 0 aromatic heterocycles. The molecule has 26 heavy (non-hydrogen) atoms. The summed E-state index contributed by atoms with van der Waals surface area (Å²) in [6.07, 6.45) is 0.155. The third-order valence-corrected chi connectivity index (χ3v) is 6.53. The number of aliphatic hydroxyl groups excluding tert-OH is 2. The lowest BCUT2D eigenvalue weighted by Gasteiger charge is -2.55. The highest BCUT2D eigenvalue weighted by molar-refractivity contribution is 5.91. The van der Waals surface area contributed by atoms with Crippen LogP contribution in [-0.4, -0.2) is 53.4 Å². The SMILES string of the molecule is C=C1C(=O)OC2C1C(OC(=O)C(C)CO)CC1(C)C(O)CCC(C=O)C21. The summed E-state index contributed by atoms with van der Waals surface area (Å²) in [7, 11) is 0. The van der Waals surface area contributed by atoms with Gasteiger partial charge in [0.25, 0.3) is 0 Å². The third kappa shape index (κ3) is 2.77. The second-order valence-corrected chi connectivity index (χ2v) is 8.11. The number of carbonyl (C=O) groups is 3. The lowest BCUT2D eigenvalue weighted by atomic mass is 9.51. The fourth-order valence-corrected chi connectivity index (χ4v) is 4.97. The Kier molecular flexibility index (Phi) is 4.96. The first-order valence-electron chi connectivity index (χ1n) is 9.09. The van der Waals surface area contributed by atoms with Crippen LogP contribution in [0.4, 0.5) is 0 Å². The molecule has 1 saturated heterocycles. The van der Waals surface area contributed by atoms with Crippen molar-refractivity contribution in [3.8, 4) is 0 Å². The highest BCUT2D eigenvalue weighted by Gasteiger charge is 2.63. The molecule has 144 valence electrons. The monoisotopic (exact) mass is 366 g/mol. The van der Waals surface area contributed by atoms with E-state index in [2.05, 4.69) is 6.58 Å². The molecule has 8 atom stereocenters. The average Bonchev–Trinajstić information content (AvgIpc) is 2.90. The summed E-state index contributed by atoms with van der Waals surface area (Å²) >= 11 is 0. The molecule has 0 radical (unpaired) electrons. The van der Waals surface area contributed by atoms with Crippen molar-refractivity contribution in [2.75, 3.05) is 6.61 Å². The number of aliphatic hydroxyl groups is 2. The highest BCUT2D eigenvalue weighted by atomic mass is 16.6. The molecular formula is C19H26O7. The Bertz CT molecular complexity index is 629. The Morgan fingerprint density at radius 3 is 2.81 bits per heavy atom. The molecule has 0 bridgehead atoms. The van der Waals surface area contributed by atoms with E-state index in [0.29, 0.717) is 19.3 Å². The molecule has 7 heteroatoms. The Hall–Kier alpha value is -1.73. The van der Waals surface area contributed by atoms with Crippen LogP contribution < -0.4 is 0 Å². The van der Waals surface area contributed by atoms with Crippen LogP contribution in [0.25, 0.3) is 0 Å². The Morgan fingerprint density at radius 1 is 1.50 bits per heavy atom. The van der Waals surface area contributed by atoms with Gasteiger partial charge in [0.2, 0.25) is 0 Å². The summed E-state index contributed by atoms with van der Waals surface area (Å²) in [5, 5.41) is 19.9. The van der Waals surface area contributed by atoms with E-state index in [4.69, 9.17) is 9.47 Å². The van der Waals surface area contributed by atoms with Crippen LogP contribution in [0.3, 0.4) is 0 Å². The molecule has 0 aromatic carbocycles. The lowest BCUT2D eigenvalue weighted by Crippen LogP contribution is -2.60. The van der Waals surface area contributed by atoms with Gasteiger partial charge in [0.05, 0.1) is 24.5 Å². The number of esters is 2. The van der Waals surface area contributed by atoms with Gasteiger partial charge < -0.3 is 24.5 Å². The quantitative estimate of drug-likeness (QED) is 0.426. The smallest absolute Gasteiger partial charge is 0.334 e. The predicted molar refractivity (Wildman–Crippen MR) is 89.6 cm³/mol. The number of fused-ring (bicyclic) bond motifs is 3. The molecule has 0 amide bonds. The van der Waals surface area contributed by atoms with Crippen molar-refractivity contribution in [3.05, 3.63) is 12.2 Å². The first-order chi connectivity index (χ1) is 12.2. The van der Waals surface area contributed by atoms with E-state index >= 15 is 0 Å². The molecule has 3 rings (SSSR count). The molecule has 2 N–H and O–H groups in total. The zero-order valence-electron chi connectivity index (χ0n) is 15.1. The molecule has 7 nitrogen and oxygen atoms in total. The van der Waals surface area contributed by atoms with Crippen molar-refractivity contribution < 1.29 is 34.1 Å². The van der Waals surface area contributed by atoms with Crippen molar-refractivity contribution in [1.29, 1.82) is 0 Å². The maximum atomic E-state index is 12.2. The second-order valence-electron chi connectivity index (χ2n) is 8.11. The molecule has 1 aliphatic heterocycles.